The average Bonchev–Trinajstić information content (AvgIpc) is 3.31. The lowest BCUT2D eigenvalue weighted by molar-refractivity contribution is -0.143. The molecule has 0 aromatic heterocycles. The van der Waals surface area contributed by atoms with Crippen LogP contribution in [0.15, 0.2) is 60.7 Å². The zero-order valence-electron chi connectivity index (χ0n) is 17.6. The molecule has 3 aromatic rings. The molecule has 0 saturated heterocycles. The van der Waals surface area contributed by atoms with Gasteiger partial charge in [0.05, 0.1) is 13.2 Å². The number of nitrogens with one attached hydrogen (secondary N) is 1. The number of carbonyl (C=O) groups is 2. The summed E-state index contributed by atoms with van der Waals surface area (Å²) in [4.78, 5) is 27.1. The number of hydrogen-bond donors (Lipinski definition) is 2. The van der Waals surface area contributed by atoms with Crippen LogP contribution < -0.4 is 10.1 Å². The molecule has 2 aliphatic rings. The van der Waals surface area contributed by atoms with Crippen LogP contribution in [0.25, 0.3) is 11.1 Å². The third kappa shape index (κ3) is 3.85. The third-order valence-electron chi connectivity index (χ3n) is 6.17. The van der Waals surface area contributed by atoms with Crippen molar-refractivity contribution in [3.63, 3.8) is 0 Å². The summed E-state index contributed by atoms with van der Waals surface area (Å²) in [5.41, 5.74) is 6.61. The van der Waals surface area contributed by atoms with Gasteiger partial charge in [-0.25, -0.2) is 0 Å². The van der Waals surface area contributed by atoms with Crippen molar-refractivity contribution in [3.8, 4) is 16.9 Å². The molecule has 3 aromatic carbocycles. The number of carbonyl (C=O) groups excluding carboxylic acids is 2. The summed E-state index contributed by atoms with van der Waals surface area (Å²) < 4.78 is 5.57. The molecule has 0 unspecified atom stereocenters. The number of benzene rings is 3. The molecular weight excluding hydrogens is 404 g/mol. The summed E-state index contributed by atoms with van der Waals surface area (Å²) in [5, 5.41) is 12.4. The minimum absolute atomic E-state index is 0.0843. The van der Waals surface area contributed by atoms with E-state index in [2.05, 4.69) is 11.4 Å². The standard InChI is InChI=1S/C26H24N2O4/c29-16-21-5-1-3-17-9-11-28(15-23(17)21)26(31)25(30)27-22-6-2-4-18(14-22)19-7-8-24-20(13-19)10-12-32-24/h1-8,13-14,29H,9-12,15-16H2,(H,27,30). The SMILES string of the molecule is O=C(Nc1cccc(-c2ccc3c(c2)CCO3)c1)C(=O)N1CCc2cccc(CO)c2C1. The Hall–Kier alpha value is -3.64. The van der Waals surface area contributed by atoms with E-state index in [-0.39, 0.29) is 6.61 Å². The molecule has 2 N–H and O–H groups in total. The molecular formula is C26H24N2O4. The molecule has 2 amide bonds. The van der Waals surface area contributed by atoms with Crippen molar-refractivity contribution in [1.29, 1.82) is 0 Å². The Labute approximate surface area is 186 Å². The van der Waals surface area contributed by atoms with E-state index in [4.69, 9.17) is 4.74 Å². The largest absolute Gasteiger partial charge is 0.493 e. The van der Waals surface area contributed by atoms with Gasteiger partial charge in [0.15, 0.2) is 0 Å². The number of nitrogens with zero attached hydrogens (tertiary/aromatic N) is 1. The molecule has 32 heavy (non-hydrogen) atoms. The summed E-state index contributed by atoms with van der Waals surface area (Å²) in [6.45, 7) is 1.43. The van der Waals surface area contributed by atoms with Gasteiger partial charge in [-0.1, -0.05) is 36.4 Å². The summed E-state index contributed by atoms with van der Waals surface area (Å²) in [5.74, 6) is -0.297. The molecule has 0 aliphatic carbocycles. The predicted octanol–water partition coefficient (Wildman–Crippen LogP) is 3.30. The fourth-order valence-electron chi connectivity index (χ4n) is 4.44. The van der Waals surface area contributed by atoms with E-state index in [0.717, 1.165) is 40.0 Å². The van der Waals surface area contributed by atoms with E-state index >= 15 is 0 Å². The molecule has 0 atom stereocenters. The summed E-state index contributed by atoms with van der Waals surface area (Å²) >= 11 is 0. The number of hydrogen-bond acceptors (Lipinski definition) is 4. The van der Waals surface area contributed by atoms with Crippen LogP contribution in [0.3, 0.4) is 0 Å². The average molecular weight is 428 g/mol. The fraction of sp³-hybridized carbons (Fsp3) is 0.231. The first kappa shape index (κ1) is 20.3. The normalized spacial score (nSPS) is 14.3. The van der Waals surface area contributed by atoms with Crippen LogP contribution in [-0.2, 0) is 35.6 Å². The monoisotopic (exact) mass is 428 g/mol. The van der Waals surface area contributed by atoms with Crippen molar-refractivity contribution in [2.24, 2.45) is 0 Å². The van der Waals surface area contributed by atoms with Gasteiger partial charge in [0, 0.05) is 25.2 Å². The van der Waals surface area contributed by atoms with Gasteiger partial charge in [0.1, 0.15) is 5.75 Å². The van der Waals surface area contributed by atoms with Crippen LogP contribution in [0.5, 0.6) is 5.75 Å². The Kier molecular flexibility index (Phi) is 5.37. The Balaban J connectivity index is 1.30. The van der Waals surface area contributed by atoms with Crippen molar-refractivity contribution in [2.45, 2.75) is 26.0 Å². The lowest BCUT2D eigenvalue weighted by atomic mass is 9.95. The van der Waals surface area contributed by atoms with Crippen molar-refractivity contribution in [1.82, 2.24) is 4.90 Å². The predicted molar refractivity (Wildman–Crippen MR) is 121 cm³/mol. The first-order chi connectivity index (χ1) is 15.6. The number of anilines is 1. The minimum Gasteiger partial charge on any atom is -0.493 e. The van der Waals surface area contributed by atoms with Gasteiger partial charge in [-0.3, -0.25) is 9.59 Å². The summed E-state index contributed by atoms with van der Waals surface area (Å²) in [7, 11) is 0. The molecule has 2 heterocycles. The second-order valence-corrected chi connectivity index (χ2v) is 8.15. The highest BCUT2D eigenvalue weighted by Crippen LogP contribution is 2.31. The maximum atomic E-state index is 12.8. The number of aliphatic hydroxyl groups excluding tert-OH is 1. The highest BCUT2D eigenvalue weighted by molar-refractivity contribution is 6.39. The van der Waals surface area contributed by atoms with Gasteiger partial charge in [-0.15, -0.1) is 0 Å². The quantitative estimate of drug-likeness (QED) is 0.628. The molecule has 2 aliphatic heterocycles. The van der Waals surface area contributed by atoms with Gasteiger partial charge in [-0.2, -0.15) is 0 Å². The minimum atomic E-state index is -0.658. The molecule has 6 heteroatoms. The second kappa shape index (κ2) is 8.48. The van der Waals surface area contributed by atoms with Crippen LogP contribution in [0, 0.1) is 0 Å². The van der Waals surface area contributed by atoms with Crippen molar-refractivity contribution in [3.05, 3.63) is 82.9 Å². The molecule has 0 radical (unpaired) electrons. The number of aliphatic hydroxyl groups is 1. The maximum absolute atomic E-state index is 12.8. The summed E-state index contributed by atoms with van der Waals surface area (Å²) in [6, 6.07) is 19.3. The van der Waals surface area contributed by atoms with Crippen molar-refractivity contribution < 1.29 is 19.4 Å². The molecule has 0 spiro atoms. The molecule has 0 bridgehead atoms. The Bertz CT molecular complexity index is 1190. The van der Waals surface area contributed by atoms with Gasteiger partial charge in [-0.05, 0) is 64.1 Å². The zero-order chi connectivity index (χ0) is 22.1. The van der Waals surface area contributed by atoms with Gasteiger partial charge >= 0.3 is 11.8 Å². The number of ether oxygens (including phenoxy) is 1. The van der Waals surface area contributed by atoms with Crippen LogP contribution >= 0.6 is 0 Å². The smallest absolute Gasteiger partial charge is 0.313 e. The lowest BCUT2D eigenvalue weighted by Gasteiger charge is -2.29. The molecule has 0 saturated carbocycles. The fourth-order valence-corrected chi connectivity index (χ4v) is 4.44. The first-order valence-corrected chi connectivity index (χ1v) is 10.8. The highest BCUT2D eigenvalue weighted by atomic mass is 16.5. The lowest BCUT2D eigenvalue weighted by Crippen LogP contribution is -2.42. The second-order valence-electron chi connectivity index (χ2n) is 8.15. The zero-order valence-corrected chi connectivity index (χ0v) is 17.6. The number of rotatable bonds is 3. The van der Waals surface area contributed by atoms with E-state index in [0.29, 0.717) is 31.8 Å². The van der Waals surface area contributed by atoms with E-state index < -0.39 is 11.8 Å². The van der Waals surface area contributed by atoms with Gasteiger partial charge in [0.25, 0.3) is 0 Å². The molecule has 6 nitrogen and oxygen atoms in total. The summed E-state index contributed by atoms with van der Waals surface area (Å²) in [6.07, 6.45) is 1.56. The van der Waals surface area contributed by atoms with Crippen molar-refractivity contribution >= 4 is 17.5 Å². The van der Waals surface area contributed by atoms with E-state index in [9.17, 15) is 14.7 Å². The first-order valence-electron chi connectivity index (χ1n) is 10.8. The van der Waals surface area contributed by atoms with Gasteiger partial charge < -0.3 is 20.1 Å². The Morgan fingerprint density at radius 2 is 1.81 bits per heavy atom. The molecule has 0 fully saturated rings. The Morgan fingerprint density at radius 1 is 0.969 bits per heavy atom. The molecule has 162 valence electrons. The number of amides is 2. The van der Waals surface area contributed by atoms with E-state index in [1.165, 1.54) is 5.56 Å². The highest BCUT2D eigenvalue weighted by Gasteiger charge is 2.27. The van der Waals surface area contributed by atoms with Crippen LogP contribution in [0.1, 0.15) is 22.3 Å². The Morgan fingerprint density at radius 3 is 2.69 bits per heavy atom. The van der Waals surface area contributed by atoms with Crippen LogP contribution in [0.4, 0.5) is 5.69 Å². The third-order valence-corrected chi connectivity index (χ3v) is 6.17. The van der Waals surface area contributed by atoms with Crippen LogP contribution in [0.2, 0.25) is 0 Å². The van der Waals surface area contributed by atoms with Crippen LogP contribution in [-0.4, -0.2) is 35.0 Å². The molecule has 5 rings (SSSR count). The van der Waals surface area contributed by atoms with Gasteiger partial charge in [0.2, 0.25) is 0 Å². The maximum Gasteiger partial charge on any atom is 0.313 e. The van der Waals surface area contributed by atoms with E-state index in [1.54, 1.807) is 11.0 Å². The van der Waals surface area contributed by atoms with Crippen molar-refractivity contribution in [2.75, 3.05) is 18.5 Å². The number of fused-ring (bicyclic) bond motifs is 2. The topological polar surface area (TPSA) is 78.9 Å². The van der Waals surface area contributed by atoms with E-state index in [1.807, 2.05) is 48.5 Å².